The summed E-state index contributed by atoms with van der Waals surface area (Å²) >= 11 is 1.39. The highest BCUT2D eigenvalue weighted by molar-refractivity contribution is 7.22. The Bertz CT molecular complexity index is 1170. The third-order valence-electron chi connectivity index (χ3n) is 4.35. The van der Waals surface area contributed by atoms with Gasteiger partial charge in [0.05, 0.1) is 15.8 Å². The van der Waals surface area contributed by atoms with Crippen LogP contribution < -0.4 is 5.32 Å². The molecule has 4 rings (SSSR count). The molecular weight excluding hydrogens is 384 g/mol. The van der Waals surface area contributed by atoms with E-state index < -0.39 is 11.9 Å². The van der Waals surface area contributed by atoms with E-state index in [1.807, 2.05) is 67.6 Å². The largest absolute Gasteiger partial charge is 0.452 e. The van der Waals surface area contributed by atoms with Crippen LogP contribution in [0.25, 0.3) is 21.3 Å². The summed E-state index contributed by atoms with van der Waals surface area (Å²) < 4.78 is 6.12. The van der Waals surface area contributed by atoms with Crippen LogP contribution in [0.1, 0.15) is 15.9 Å². The van der Waals surface area contributed by atoms with E-state index in [2.05, 4.69) is 10.3 Å². The lowest BCUT2D eigenvalue weighted by Crippen LogP contribution is -2.20. The molecule has 3 aromatic carbocycles. The maximum absolute atomic E-state index is 12.2. The van der Waals surface area contributed by atoms with Crippen molar-refractivity contribution in [2.45, 2.75) is 6.92 Å². The van der Waals surface area contributed by atoms with Gasteiger partial charge in [-0.25, -0.2) is 9.78 Å². The molecule has 5 nitrogen and oxygen atoms in total. The van der Waals surface area contributed by atoms with Crippen molar-refractivity contribution in [2.75, 3.05) is 11.9 Å². The SMILES string of the molecule is Cc1ccc2nc(NC(=O)COC(=O)c3ccc(-c4ccccc4)cc3)sc2c1. The van der Waals surface area contributed by atoms with Crippen molar-refractivity contribution in [1.82, 2.24) is 4.98 Å². The summed E-state index contributed by atoms with van der Waals surface area (Å²) in [6, 6.07) is 22.9. The number of carbonyl (C=O) groups is 2. The molecule has 0 aliphatic rings. The molecule has 4 aromatic rings. The first-order chi connectivity index (χ1) is 14.1. The van der Waals surface area contributed by atoms with E-state index in [1.54, 1.807) is 12.1 Å². The molecule has 0 aliphatic carbocycles. The van der Waals surface area contributed by atoms with Gasteiger partial charge in [0.25, 0.3) is 5.91 Å². The number of esters is 1. The van der Waals surface area contributed by atoms with Crippen molar-refractivity contribution < 1.29 is 14.3 Å². The molecule has 0 bridgehead atoms. The summed E-state index contributed by atoms with van der Waals surface area (Å²) in [6.45, 7) is 1.64. The number of nitrogens with zero attached hydrogens (tertiary/aromatic N) is 1. The number of thiazole rings is 1. The second kappa shape index (κ2) is 8.24. The molecule has 29 heavy (non-hydrogen) atoms. The lowest BCUT2D eigenvalue weighted by Gasteiger charge is -2.06. The normalized spacial score (nSPS) is 10.7. The van der Waals surface area contributed by atoms with Gasteiger partial charge in [0, 0.05) is 0 Å². The van der Waals surface area contributed by atoms with Gasteiger partial charge in [0.1, 0.15) is 0 Å². The van der Waals surface area contributed by atoms with Crippen LogP contribution in [0.4, 0.5) is 5.13 Å². The number of aromatic nitrogens is 1. The summed E-state index contributed by atoms with van der Waals surface area (Å²) in [7, 11) is 0. The maximum Gasteiger partial charge on any atom is 0.338 e. The number of carbonyl (C=O) groups excluding carboxylic acids is 2. The third-order valence-corrected chi connectivity index (χ3v) is 5.29. The lowest BCUT2D eigenvalue weighted by molar-refractivity contribution is -0.119. The fraction of sp³-hybridized carbons (Fsp3) is 0.0870. The number of anilines is 1. The smallest absolute Gasteiger partial charge is 0.338 e. The highest BCUT2D eigenvalue weighted by atomic mass is 32.1. The number of aryl methyl sites for hydroxylation is 1. The fourth-order valence-electron chi connectivity index (χ4n) is 2.88. The molecule has 0 aliphatic heterocycles. The number of ether oxygens (including phenoxy) is 1. The second-order valence-electron chi connectivity index (χ2n) is 6.56. The van der Waals surface area contributed by atoms with Gasteiger partial charge in [-0.05, 0) is 47.9 Å². The Balaban J connectivity index is 1.34. The van der Waals surface area contributed by atoms with Crippen LogP contribution >= 0.6 is 11.3 Å². The van der Waals surface area contributed by atoms with Gasteiger partial charge in [-0.3, -0.25) is 10.1 Å². The molecule has 0 radical (unpaired) electrons. The molecule has 0 spiro atoms. The predicted octanol–water partition coefficient (Wildman–Crippen LogP) is 5.07. The van der Waals surface area contributed by atoms with Crippen LogP contribution in [-0.4, -0.2) is 23.5 Å². The molecule has 0 unspecified atom stereocenters. The Kier molecular flexibility index (Phi) is 5.35. The Hall–Kier alpha value is -3.51. The Morgan fingerprint density at radius 2 is 1.69 bits per heavy atom. The van der Waals surface area contributed by atoms with E-state index in [0.29, 0.717) is 10.7 Å². The van der Waals surface area contributed by atoms with Crippen LogP contribution in [0.2, 0.25) is 0 Å². The topological polar surface area (TPSA) is 68.3 Å². The summed E-state index contributed by atoms with van der Waals surface area (Å²) in [4.78, 5) is 28.7. The minimum absolute atomic E-state index is 0.367. The van der Waals surface area contributed by atoms with Crippen LogP contribution in [0.15, 0.2) is 72.8 Å². The molecule has 1 aromatic heterocycles. The van der Waals surface area contributed by atoms with Crippen LogP contribution in [0.5, 0.6) is 0 Å². The lowest BCUT2D eigenvalue weighted by atomic mass is 10.0. The third kappa shape index (κ3) is 4.50. The molecule has 1 amide bonds. The van der Waals surface area contributed by atoms with Crippen LogP contribution in [0, 0.1) is 6.92 Å². The Morgan fingerprint density at radius 1 is 0.966 bits per heavy atom. The number of hydrogen-bond acceptors (Lipinski definition) is 5. The number of amides is 1. The van der Waals surface area contributed by atoms with E-state index in [0.717, 1.165) is 26.9 Å². The highest BCUT2D eigenvalue weighted by Crippen LogP contribution is 2.26. The summed E-state index contributed by atoms with van der Waals surface area (Å²) in [5, 5.41) is 3.16. The van der Waals surface area contributed by atoms with Crippen molar-refractivity contribution >= 4 is 38.6 Å². The fourth-order valence-corrected chi connectivity index (χ4v) is 3.86. The molecule has 1 heterocycles. The number of benzene rings is 3. The quantitative estimate of drug-likeness (QED) is 0.474. The average Bonchev–Trinajstić information content (AvgIpc) is 3.14. The van der Waals surface area contributed by atoms with Gasteiger partial charge in [-0.2, -0.15) is 0 Å². The van der Waals surface area contributed by atoms with Gasteiger partial charge in [0.15, 0.2) is 11.7 Å². The monoisotopic (exact) mass is 402 g/mol. The minimum atomic E-state index is -0.542. The molecule has 0 saturated carbocycles. The molecule has 6 heteroatoms. The predicted molar refractivity (Wildman–Crippen MR) is 115 cm³/mol. The number of nitrogens with one attached hydrogen (secondary N) is 1. The number of hydrogen-bond donors (Lipinski definition) is 1. The first-order valence-electron chi connectivity index (χ1n) is 9.08. The van der Waals surface area contributed by atoms with Crippen molar-refractivity contribution in [3.8, 4) is 11.1 Å². The summed E-state index contributed by atoms with van der Waals surface area (Å²) in [5.41, 5.74) is 4.43. The van der Waals surface area contributed by atoms with E-state index in [4.69, 9.17) is 4.74 Å². The van der Waals surface area contributed by atoms with Crippen LogP contribution in [0.3, 0.4) is 0 Å². The number of rotatable bonds is 5. The van der Waals surface area contributed by atoms with Crippen molar-refractivity contribution in [2.24, 2.45) is 0 Å². The van der Waals surface area contributed by atoms with E-state index in [1.165, 1.54) is 11.3 Å². The zero-order valence-corrected chi connectivity index (χ0v) is 16.5. The molecule has 0 saturated heterocycles. The van der Waals surface area contributed by atoms with Gasteiger partial charge in [-0.15, -0.1) is 0 Å². The molecular formula is C23H18N2O3S. The first kappa shape index (κ1) is 18.8. The summed E-state index contributed by atoms with van der Waals surface area (Å²) in [5.74, 6) is -0.963. The second-order valence-corrected chi connectivity index (χ2v) is 7.59. The van der Waals surface area contributed by atoms with E-state index >= 15 is 0 Å². The average molecular weight is 402 g/mol. The minimum Gasteiger partial charge on any atom is -0.452 e. The highest BCUT2D eigenvalue weighted by Gasteiger charge is 2.12. The zero-order chi connectivity index (χ0) is 20.2. The maximum atomic E-state index is 12.2. The van der Waals surface area contributed by atoms with Gasteiger partial charge >= 0.3 is 5.97 Å². The van der Waals surface area contributed by atoms with Crippen molar-refractivity contribution in [3.05, 3.63) is 83.9 Å². The van der Waals surface area contributed by atoms with Gasteiger partial charge < -0.3 is 4.74 Å². The molecule has 1 N–H and O–H groups in total. The summed E-state index contributed by atoms with van der Waals surface area (Å²) in [6.07, 6.45) is 0. The van der Waals surface area contributed by atoms with Crippen LogP contribution in [-0.2, 0) is 9.53 Å². The van der Waals surface area contributed by atoms with Gasteiger partial charge in [0.2, 0.25) is 0 Å². The molecule has 0 fully saturated rings. The van der Waals surface area contributed by atoms with Gasteiger partial charge in [-0.1, -0.05) is 59.9 Å². The molecule has 144 valence electrons. The Labute approximate surface area is 172 Å². The van der Waals surface area contributed by atoms with E-state index in [-0.39, 0.29) is 6.61 Å². The van der Waals surface area contributed by atoms with E-state index in [9.17, 15) is 9.59 Å². The standard InChI is InChI=1S/C23H18N2O3S/c1-15-7-12-19-20(13-15)29-23(24-19)25-21(26)14-28-22(27)18-10-8-17(9-11-18)16-5-3-2-4-6-16/h2-13H,14H2,1H3,(H,24,25,26). The molecule has 0 atom stereocenters. The van der Waals surface area contributed by atoms with Crippen molar-refractivity contribution in [3.63, 3.8) is 0 Å². The Morgan fingerprint density at radius 3 is 2.45 bits per heavy atom. The number of fused-ring (bicyclic) bond motifs is 1. The van der Waals surface area contributed by atoms with Crippen molar-refractivity contribution in [1.29, 1.82) is 0 Å². The zero-order valence-electron chi connectivity index (χ0n) is 15.7. The first-order valence-corrected chi connectivity index (χ1v) is 9.90.